The number of nitrogen functional groups attached to an aromatic ring is 1. The Labute approximate surface area is 206 Å². The van der Waals surface area contributed by atoms with Gasteiger partial charge in [-0.15, -0.1) is 0 Å². The Bertz CT molecular complexity index is 1390. The highest BCUT2D eigenvalue weighted by molar-refractivity contribution is 5.86. The molecule has 4 rings (SSSR count). The van der Waals surface area contributed by atoms with Crippen LogP contribution >= 0.6 is 0 Å². The maximum absolute atomic E-state index is 14.4. The van der Waals surface area contributed by atoms with Crippen LogP contribution in [0.3, 0.4) is 0 Å². The topological polar surface area (TPSA) is 166 Å². The third-order valence-corrected chi connectivity index (χ3v) is 4.72. The molecule has 0 radical (unpaired) electrons. The molecule has 17 heteroatoms. The molecule has 202 valence electrons. The molecule has 0 unspecified atom stereocenters. The van der Waals surface area contributed by atoms with Crippen LogP contribution in [0.1, 0.15) is 16.8 Å². The number of alkyl halides is 6. The third kappa shape index (κ3) is 6.72. The van der Waals surface area contributed by atoms with E-state index in [0.717, 1.165) is 29.5 Å². The van der Waals surface area contributed by atoms with Crippen LogP contribution in [0.2, 0.25) is 0 Å². The summed E-state index contributed by atoms with van der Waals surface area (Å²) in [5, 5.41) is 30.6. The third-order valence-electron chi connectivity index (χ3n) is 4.72. The zero-order valence-electron chi connectivity index (χ0n) is 18.4. The van der Waals surface area contributed by atoms with Gasteiger partial charge in [-0.05, 0) is 36.6 Å². The summed E-state index contributed by atoms with van der Waals surface area (Å²) in [4.78, 5) is 22.1. The number of fused-ring (bicyclic) bond motifs is 3. The Balaban J connectivity index is 0.000000301. The largest absolute Gasteiger partial charge is 0.490 e. The van der Waals surface area contributed by atoms with Gasteiger partial charge in [-0.2, -0.15) is 36.7 Å². The van der Waals surface area contributed by atoms with Crippen LogP contribution in [0.4, 0.5) is 40.9 Å². The average molecular weight is 551 g/mol. The van der Waals surface area contributed by atoms with Crippen molar-refractivity contribution >= 4 is 17.8 Å². The smallest absolute Gasteiger partial charge is 0.475 e. The van der Waals surface area contributed by atoms with Crippen molar-refractivity contribution in [2.45, 2.75) is 25.2 Å². The van der Waals surface area contributed by atoms with Gasteiger partial charge in [0, 0.05) is 22.4 Å². The summed E-state index contributed by atoms with van der Waals surface area (Å²) >= 11 is 0. The van der Waals surface area contributed by atoms with Crippen LogP contribution in [0.5, 0.6) is 0 Å². The number of carboxylic acid groups (broad SMARTS) is 2. The maximum Gasteiger partial charge on any atom is 0.490 e. The van der Waals surface area contributed by atoms with Crippen molar-refractivity contribution in [3.63, 3.8) is 0 Å². The van der Waals surface area contributed by atoms with E-state index in [4.69, 9.17) is 25.5 Å². The van der Waals surface area contributed by atoms with Crippen molar-refractivity contribution in [3.05, 3.63) is 52.9 Å². The van der Waals surface area contributed by atoms with Gasteiger partial charge in [-0.3, -0.25) is 5.10 Å². The Morgan fingerprint density at radius 1 is 1.00 bits per heavy atom. The Morgan fingerprint density at radius 2 is 1.55 bits per heavy atom. The number of halogens is 8. The number of pyridine rings is 1. The normalized spacial score (nSPS) is 12.0. The van der Waals surface area contributed by atoms with Crippen molar-refractivity contribution in [2.75, 3.05) is 5.73 Å². The van der Waals surface area contributed by atoms with Crippen LogP contribution < -0.4 is 5.73 Å². The Morgan fingerprint density at radius 3 is 2.05 bits per heavy atom. The fraction of sp³-hybridized carbons (Fsp3) is 0.190. The Hall–Kier alpha value is -4.75. The van der Waals surface area contributed by atoms with E-state index in [1.807, 2.05) is 6.07 Å². The predicted octanol–water partition coefficient (Wildman–Crippen LogP) is 4.24. The zero-order valence-corrected chi connectivity index (χ0v) is 18.4. The summed E-state index contributed by atoms with van der Waals surface area (Å²) in [6, 6.07) is 5.14. The first-order valence-corrected chi connectivity index (χ1v) is 9.79. The number of hydrogen-bond acceptors (Lipinski definition) is 6. The predicted molar refractivity (Wildman–Crippen MR) is 111 cm³/mol. The molecule has 9 nitrogen and oxygen atoms in total. The molecule has 38 heavy (non-hydrogen) atoms. The van der Waals surface area contributed by atoms with Gasteiger partial charge in [0.25, 0.3) is 0 Å². The molecule has 0 amide bonds. The van der Waals surface area contributed by atoms with Crippen LogP contribution in [-0.4, -0.2) is 49.7 Å². The number of nitrogens with zero attached hydrogens (tertiary/aromatic N) is 3. The summed E-state index contributed by atoms with van der Waals surface area (Å²) in [6.07, 6.45) is -7.38. The first kappa shape index (κ1) is 29.5. The number of aliphatic carboxylic acids is 2. The quantitative estimate of drug-likeness (QED) is 0.326. The highest BCUT2D eigenvalue weighted by Gasteiger charge is 2.39. The number of benzene rings is 1. The molecule has 0 spiro atoms. The number of aromatic amines is 1. The molecule has 5 N–H and O–H groups in total. The van der Waals surface area contributed by atoms with Gasteiger partial charge in [0.1, 0.15) is 29.1 Å². The SMILES string of the molecule is N#Cc1c(N)nc2c(c1-c1cc(F)ccc1F)CCc1[nH]ncc1-2.O=C(O)C(F)(F)F.O=C(O)C(F)(F)F. The van der Waals surface area contributed by atoms with Crippen LogP contribution in [-0.2, 0) is 22.4 Å². The number of rotatable bonds is 1. The highest BCUT2D eigenvalue weighted by atomic mass is 19.4. The zero-order chi connectivity index (χ0) is 29.0. The number of H-pyrrole nitrogens is 1. The first-order chi connectivity index (χ1) is 17.5. The standard InChI is InChI=1S/C17H11F2N5.2C2HF3O2/c18-8-1-3-13(19)10(5-8)15-9-2-4-14-12(7-22-24-14)16(9)23-17(21)11(15)6-20;2*3-2(4,5)1(6)7/h1,3,5,7H,2,4H2,(H2,21,23)(H,22,24);2*(H,6,7). The number of carboxylic acids is 2. The van der Waals surface area contributed by atoms with Gasteiger partial charge < -0.3 is 15.9 Å². The second-order valence-corrected chi connectivity index (χ2v) is 7.18. The van der Waals surface area contributed by atoms with E-state index in [1.54, 1.807) is 6.20 Å². The summed E-state index contributed by atoms with van der Waals surface area (Å²) in [6.45, 7) is 0. The molecule has 2 aromatic heterocycles. The van der Waals surface area contributed by atoms with E-state index >= 15 is 0 Å². The number of nitrogens with two attached hydrogens (primary N) is 1. The summed E-state index contributed by atoms with van der Waals surface area (Å²) < 4.78 is 91.5. The van der Waals surface area contributed by atoms with Crippen LogP contribution in [0.25, 0.3) is 22.4 Å². The molecule has 2 heterocycles. The van der Waals surface area contributed by atoms with E-state index in [-0.39, 0.29) is 16.9 Å². The van der Waals surface area contributed by atoms with Gasteiger partial charge in [-0.1, -0.05) is 0 Å². The van der Waals surface area contributed by atoms with Crippen molar-refractivity contribution in [1.82, 2.24) is 15.2 Å². The number of carbonyl (C=O) groups is 2. The monoisotopic (exact) mass is 551 g/mol. The lowest BCUT2D eigenvalue weighted by molar-refractivity contribution is -0.193. The number of aryl methyl sites for hydroxylation is 1. The molecule has 0 atom stereocenters. The lowest BCUT2D eigenvalue weighted by Crippen LogP contribution is -2.21. The molecule has 0 aliphatic heterocycles. The van der Waals surface area contributed by atoms with E-state index in [2.05, 4.69) is 15.2 Å². The minimum Gasteiger partial charge on any atom is -0.475 e. The van der Waals surface area contributed by atoms with Gasteiger partial charge in [0.05, 0.1) is 11.9 Å². The molecular weight excluding hydrogens is 538 g/mol. The van der Waals surface area contributed by atoms with E-state index in [0.29, 0.717) is 29.7 Å². The number of hydrogen-bond donors (Lipinski definition) is 4. The molecule has 1 aromatic carbocycles. The first-order valence-electron chi connectivity index (χ1n) is 9.79. The second-order valence-electron chi connectivity index (χ2n) is 7.18. The fourth-order valence-corrected chi connectivity index (χ4v) is 3.16. The minimum atomic E-state index is -5.08. The van der Waals surface area contributed by atoms with E-state index in [1.165, 1.54) is 0 Å². The molecule has 0 saturated carbocycles. The Kier molecular flexibility index (Phi) is 8.62. The summed E-state index contributed by atoms with van der Waals surface area (Å²) in [7, 11) is 0. The molecule has 0 fully saturated rings. The molecular formula is C21H13F8N5O4. The fourth-order valence-electron chi connectivity index (χ4n) is 3.16. The summed E-state index contributed by atoms with van der Waals surface area (Å²) in [5.74, 6) is -6.72. The van der Waals surface area contributed by atoms with Crippen LogP contribution in [0.15, 0.2) is 24.4 Å². The highest BCUT2D eigenvalue weighted by Crippen LogP contribution is 2.41. The van der Waals surface area contributed by atoms with Crippen molar-refractivity contribution in [3.8, 4) is 28.5 Å². The molecule has 1 aliphatic rings. The number of nitrogens with one attached hydrogen (secondary N) is 1. The van der Waals surface area contributed by atoms with E-state index < -0.39 is 35.9 Å². The average Bonchev–Trinajstić information content (AvgIpc) is 3.29. The number of anilines is 1. The molecule has 1 aliphatic carbocycles. The van der Waals surface area contributed by atoms with Gasteiger partial charge in [-0.25, -0.2) is 23.4 Å². The van der Waals surface area contributed by atoms with Crippen molar-refractivity contribution < 1.29 is 54.9 Å². The van der Waals surface area contributed by atoms with Gasteiger partial charge in [0.2, 0.25) is 0 Å². The molecule has 0 bridgehead atoms. The maximum atomic E-state index is 14.4. The minimum absolute atomic E-state index is 0.0102. The molecule has 0 saturated heterocycles. The lowest BCUT2D eigenvalue weighted by atomic mass is 9.85. The summed E-state index contributed by atoms with van der Waals surface area (Å²) in [5.41, 5.74) is 9.23. The lowest BCUT2D eigenvalue weighted by Gasteiger charge is -2.21. The van der Waals surface area contributed by atoms with E-state index in [9.17, 15) is 40.4 Å². The molecule has 3 aromatic rings. The number of aromatic nitrogens is 3. The second kappa shape index (κ2) is 11.1. The van der Waals surface area contributed by atoms with Crippen molar-refractivity contribution in [1.29, 1.82) is 5.26 Å². The van der Waals surface area contributed by atoms with Crippen molar-refractivity contribution in [2.24, 2.45) is 0 Å². The van der Waals surface area contributed by atoms with Gasteiger partial charge in [0.15, 0.2) is 0 Å². The van der Waals surface area contributed by atoms with Gasteiger partial charge >= 0.3 is 24.3 Å². The van der Waals surface area contributed by atoms with Crippen LogP contribution in [0, 0.1) is 23.0 Å². The number of nitriles is 1.